The number of nitrogens with zero attached hydrogens (tertiary/aromatic N) is 3. The van der Waals surface area contributed by atoms with Crippen LogP contribution in [0.4, 0.5) is 5.13 Å². The third kappa shape index (κ3) is 2.69. The van der Waals surface area contributed by atoms with Crippen molar-refractivity contribution in [2.24, 2.45) is 0 Å². The number of aromatic nitrogens is 2. The van der Waals surface area contributed by atoms with E-state index in [0.29, 0.717) is 6.04 Å². The molecule has 0 saturated carbocycles. The number of rotatable bonds is 4. The second kappa shape index (κ2) is 5.89. The van der Waals surface area contributed by atoms with Crippen molar-refractivity contribution in [3.63, 3.8) is 0 Å². The number of fused-ring (bicyclic) bond motifs is 1. The maximum absolute atomic E-state index is 4.87. The summed E-state index contributed by atoms with van der Waals surface area (Å²) in [5, 5.41) is 4.50. The Balaban J connectivity index is 1.79. The van der Waals surface area contributed by atoms with Crippen LogP contribution >= 0.6 is 11.3 Å². The highest BCUT2D eigenvalue weighted by molar-refractivity contribution is 7.15. The summed E-state index contributed by atoms with van der Waals surface area (Å²) in [7, 11) is 4.14. The fourth-order valence-corrected chi connectivity index (χ4v) is 3.80. The number of anilines is 1. The van der Waals surface area contributed by atoms with E-state index in [4.69, 9.17) is 4.98 Å². The minimum absolute atomic E-state index is 0.429. The smallest absolute Gasteiger partial charge is 0.185 e. The molecule has 0 spiro atoms. The number of hydrogen-bond acceptors (Lipinski definition) is 5. The monoisotopic (exact) mass is 288 g/mol. The van der Waals surface area contributed by atoms with Crippen LogP contribution in [0.25, 0.3) is 0 Å². The second-order valence-corrected chi connectivity index (χ2v) is 6.31. The molecule has 20 heavy (non-hydrogen) atoms. The molecule has 4 nitrogen and oxygen atoms in total. The molecule has 1 unspecified atom stereocenters. The van der Waals surface area contributed by atoms with E-state index < -0.39 is 0 Å². The van der Waals surface area contributed by atoms with Gasteiger partial charge in [0, 0.05) is 30.9 Å². The highest BCUT2D eigenvalue weighted by Crippen LogP contribution is 2.36. The first-order valence-electron chi connectivity index (χ1n) is 7.05. The number of hydrogen-bond donors (Lipinski definition) is 1. The first-order valence-corrected chi connectivity index (χ1v) is 7.86. The largest absolute Gasteiger partial charge is 0.347 e. The first kappa shape index (κ1) is 13.5. The Kier molecular flexibility index (Phi) is 3.98. The van der Waals surface area contributed by atoms with Crippen LogP contribution in [0.15, 0.2) is 24.5 Å². The molecule has 0 fully saturated rings. The summed E-state index contributed by atoms with van der Waals surface area (Å²) < 4.78 is 0. The third-order valence-electron chi connectivity index (χ3n) is 3.79. The zero-order valence-electron chi connectivity index (χ0n) is 12.0. The second-order valence-electron chi connectivity index (χ2n) is 5.25. The molecular formula is C15H20N4S. The Labute approximate surface area is 123 Å². The topological polar surface area (TPSA) is 41.0 Å². The van der Waals surface area contributed by atoms with Gasteiger partial charge in [0.2, 0.25) is 0 Å². The Hall–Kier alpha value is -1.46. The van der Waals surface area contributed by atoms with Crippen LogP contribution < -0.4 is 10.2 Å². The van der Waals surface area contributed by atoms with Crippen LogP contribution in [0, 0.1) is 0 Å². The van der Waals surface area contributed by atoms with Crippen LogP contribution in [-0.2, 0) is 13.0 Å². The van der Waals surface area contributed by atoms with Gasteiger partial charge in [-0.1, -0.05) is 0 Å². The molecule has 0 aromatic carbocycles. The van der Waals surface area contributed by atoms with Gasteiger partial charge in [0.1, 0.15) is 0 Å². The molecular weight excluding hydrogens is 268 g/mol. The van der Waals surface area contributed by atoms with Gasteiger partial charge < -0.3 is 10.2 Å². The molecule has 106 valence electrons. The maximum Gasteiger partial charge on any atom is 0.185 e. The molecule has 0 amide bonds. The van der Waals surface area contributed by atoms with Gasteiger partial charge in [0.15, 0.2) is 5.13 Å². The van der Waals surface area contributed by atoms with Crippen LogP contribution in [-0.4, -0.2) is 24.1 Å². The molecule has 0 radical (unpaired) electrons. The van der Waals surface area contributed by atoms with Gasteiger partial charge in [0.25, 0.3) is 0 Å². The molecule has 2 heterocycles. The molecule has 0 saturated heterocycles. The van der Waals surface area contributed by atoms with Gasteiger partial charge in [-0.25, -0.2) is 4.98 Å². The van der Waals surface area contributed by atoms with E-state index in [1.807, 2.05) is 30.8 Å². The normalized spacial score (nSPS) is 17.8. The highest BCUT2D eigenvalue weighted by atomic mass is 32.1. The summed E-state index contributed by atoms with van der Waals surface area (Å²) in [6, 6.07) is 4.54. The summed E-state index contributed by atoms with van der Waals surface area (Å²) in [5.41, 5.74) is 2.53. The molecule has 3 rings (SSSR count). The van der Waals surface area contributed by atoms with Gasteiger partial charge in [0.05, 0.1) is 11.7 Å². The van der Waals surface area contributed by atoms with Crippen LogP contribution in [0.5, 0.6) is 0 Å². The Bertz CT molecular complexity index is 567. The lowest BCUT2D eigenvalue weighted by Gasteiger charge is -2.20. The Morgan fingerprint density at radius 3 is 2.95 bits per heavy atom. The summed E-state index contributed by atoms with van der Waals surface area (Å²) in [6.07, 6.45) is 7.31. The van der Waals surface area contributed by atoms with Crippen molar-refractivity contribution in [1.29, 1.82) is 0 Å². The van der Waals surface area contributed by atoms with Gasteiger partial charge in [-0.15, -0.1) is 11.3 Å². The van der Waals surface area contributed by atoms with E-state index in [1.54, 1.807) is 0 Å². The fourth-order valence-electron chi connectivity index (χ4n) is 2.68. The molecule has 0 aliphatic heterocycles. The van der Waals surface area contributed by atoms with Crippen LogP contribution in [0.2, 0.25) is 0 Å². The fraction of sp³-hybridized carbons (Fsp3) is 0.467. The van der Waals surface area contributed by atoms with Crippen LogP contribution in [0.3, 0.4) is 0 Å². The highest BCUT2D eigenvalue weighted by Gasteiger charge is 2.24. The Morgan fingerprint density at radius 2 is 2.20 bits per heavy atom. The predicted molar refractivity (Wildman–Crippen MR) is 83.2 cm³/mol. The molecule has 1 aliphatic rings. The van der Waals surface area contributed by atoms with Gasteiger partial charge in [-0.05, 0) is 44.0 Å². The molecule has 1 aliphatic carbocycles. The van der Waals surface area contributed by atoms with Gasteiger partial charge >= 0.3 is 0 Å². The predicted octanol–water partition coefficient (Wildman–Crippen LogP) is 2.77. The van der Waals surface area contributed by atoms with Gasteiger partial charge in [-0.2, -0.15) is 0 Å². The van der Waals surface area contributed by atoms with E-state index in [9.17, 15) is 0 Å². The Morgan fingerprint density at radius 1 is 1.40 bits per heavy atom. The lowest BCUT2D eigenvalue weighted by Crippen LogP contribution is -2.21. The van der Waals surface area contributed by atoms with Crippen molar-refractivity contribution < 1.29 is 0 Å². The number of aryl methyl sites for hydroxylation is 1. The average molecular weight is 288 g/mol. The van der Waals surface area contributed by atoms with Crippen molar-refractivity contribution in [2.75, 3.05) is 19.0 Å². The van der Waals surface area contributed by atoms with Crippen molar-refractivity contribution >= 4 is 16.5 Å². The minimum Gasteiger partial charge on any atom is -0.347 e. The standard InChI is InChI=1S/C15H20N4S/c1-16-12-4-3-5-13-14(12)18-15(20-13)19(2)10-11-6-8-17-9-7-11/h6-9,12,16H,3-5,10H2,1-2H3. The summed E-state index contributed by atoms with van der Waals surface area (Å²) >= 11 is 1.84. The first-order chi connectivity index (χ1) is 9.78. The SMILES string of the molecule is CNC1CCCc2sc(N(C)Cc3ccncc3)nc21. The zero-order valence-corrected chi connectivity index (χ0v) is 12.8. The van der Waals surface area contributed by atoms with E-state index in [1.165, 1.54) is 35.4 Å². The quantitative estimate of drug-likeness (QED) is 0.939. The van der Waals surface area contributed by atoms with E-state index in [2.05, 4.69) is 34.4 Å². The van der Waals surface area contributed by atoms with Crippen molar-refractivity contribution in [3.8, 4) is 0 Å². The lowest BCUT2D eigenvalue weighted by atomic mass is 9.98. The van der Waals surface area contributed by atoms with E-state index in [0.717, 1.165) is 11.7 Å². The van der Waals surface area contributed by atoms with Crippen molar-refractivity contribution in [3.05, 3.63) is 40.7 Å². The average Bonchev–Trinajstić information content (AvgIpc) is 2.92. The van der Waals surface area contributed by atoms with Crippen molar-refractivity contribution in [2.45, 2.75) is 31.8 Å². The molecule has 2 aromatic heterocycles. The number of pyridine rings is 1. The van der Waals surface area contributed by atoms with Crippen molar-refractivity contribution in [1.82, 2.24) is 15.3 Å². The number of thiazole rings is 1. The van der Waals surface area contributed by atoms with E-state index in [-0.39, 0.29) is 0 Å². The zero-order chi connectivity index (χ0) is 13.9. The summed E-state index contributed by atoms with van der Waals surface area (Å²) in [5.74, 6) is 0. The van der Waals surface area contributed by atoms with Crippen LogP contribution in [0.1, 0.15) is 35.0 Å². The lowest BCUT2D eigenvalue weighted by molar-refractivity contribution is 0.490. The molecule has 0 bridgehead atoms. The molecule has 5 heteroatoms. The molecule has 2 aromatic rings. The minimum atomic E-state index is 0.429. The summed E-state index contributed by atoms with van der Waals surface area (Å²) in [4.78, 5) is 12.6. The molecule has 1 atom stereocenters. The van der Waals surface area contributed by atoms with E-state index >= 15 is 0 Å². The maximum atomic E-state index is 4.87. The number of nitrogens with one attached hydrogen (secondary N) is 1. The van der Waals surface area contributed by atoms with Gasteiger partial charge in [-0.3, -0.25) is 4.98 Å². The molecule has 1 N–H and O–H groups in total. The summed E-state index contributed by atoms with van der Waals surface area (Å²) in [6.45, 7) is 0.874. The third-order valence-corrected chi connectivity index (χ3v) is 5.03.